The van der Waals surface area contributed by atoms with Gasteiger partial charge in [0.05, 0.1) is 6.04 Å². The van der Waals surface area contributed by atoms with Gasteiger partial charge in [-0.2, -0.15) is 0 Å². The summed E-state index contributed by atoms with van der Waals surface area (Å²) >= 11 is 7.29. The molecule has 0 aliphatic carbocycles. The molecule has 1 unspecified atom stereocenters. The predicted molar refractivity (Wildman–Crippen MR) is 59.9 cm³/mol. The Labute approximate surface area is 96.0 Å². The third-order valence-electron chi connectivity index (χ3n) is 1.91. The molecule has 0 saturated carbocycles. The Morgan fingerprint density at radius 1 is 1.73 bits per heavy atom. The molecule has 1 atom stereocenters. The first-order chi connectivity index (χ1) is 7.25. The van der Waals surface area contributed by atoms with Gasteiger partial charge < -0.3 is 5.32 Å². The van der Waals surface area contributed by atoms with Gasteiger partial charge in [-0.1, -0.05) is 0 Å². The standard InChI is InChI=1S/C8H9ClN4OS/c9-8-10-2-1-6(13-8)12-7(14)5-3-15-4-11-5/h1-2,5,11H,3-4H2,(H,10,12,13,14). The molecule has 0 spiro atoms. The van der Waals surface area contributed by atoms with Crippen LogP contribution in [0.2, 0.25) is 5.28 Å². The van der Waals surface area contributed by atoms with Crippen molar-refractivity contribution in [1.82, 2.24) is 15.3 Å². The lowest BCUT2D eigenvalue weighted by Crippen LogP contribution is -2.37. The van der Waals surface area contributed by atoms with Crippen LogP contribution in [0, 0.1) is 0 Å². The van der Waals surface area contributed by atoms with Crippen LogP contribution in [0.15, 0.2) is 12.3 Å². The van der Waals surface area contributed by atoms with E-state index in [0.717, 1.165) is 11.6 Å². The highest BCUT2D eigenvalue weighted by molar-refractivity contribution is 7.99. The summed E-state index contributed by atoms with van der Waals surface area (Å²) < 4.78 is 0. The fourth-order valence-corrected chi connectivity index (χ4v) is 2.27. The molecule has 1 aliphatic rings. The number of hydrogen-bond donors (Lipinski definition) is 2. The van der Waals surface area contributed by atoms with Gasteiger partial charge in [0.1, 0.15) is 5.82 Å². The van der Waals surface area contributed by atoms with Gasteiger partial charge in [0.15, 0.2) is 0 Å². The Kier molecular flexibility index (Phi) is 3.40. The number of nitrogens with one attached hydrogen (secondary N) is 2. The number of anilines is 1. The highest BCUT2D eigenvalue weighted by Gasteiger charge is 2.22. The molecule has 0 aromatic carbocycles. The number of hydrogen-bond acceptors (Lipinski definition) is 5. The molecular formula is C8H9ClN4OS. The van der Waals surface area contributed by atoms with Gasteiger partial charge in [-0.25, -0.2) is 9.97 Å². The van der Waals surface area contributed by atoms with Crippen LogP contribution >= 0.6 is 23.4 Å². The van der Waals surface area contributed by atoms with Gasteiger partial charge in [-0.05, 0) is 17.7 Å². The van der Waals surface area contributed by atoms with Crippen molar-refractivity contribution < 1.29 is 4.79 Å². The highest BCUT2D eigenvalue weighted by Crippen LogP contribution is 2.12. The Balaban J connectivity index is 1.99. The third-order valence-corrected chi connectivity index (χ3v) is 3.03. The molecule has 1 aromatic rings. The molecule has 5 nitrogen and oxygen atoms in total. The van der Waals surface area contributed by atoms with E-state index in [-0.39, 0.29) is 17.2 Å². The molecule has 2 rings (SSSR count). The average Bonchev–Trinajstić information content (AvgIpc) is 2.70. The zero-order chi connectivity index (χ0) is 10.7. The minimum atomic E-state index is -0.149. The van der Waals surface area contributed by atoms with Gasteiger partial charge in [-0.3, -0.25) is 10.1 Å². The van der Waals surface area contributed by atoms with Crippen molar-refractivity contribution >= 4 is 35.1 Å². The molecule has 2 N–H and O–H groups in total. The summed E-state index contributed by atoms with van der Waals surface area (Å²) in [5.74, 6) is 1.93. The number of aromatic nitrogens is 2. The van der Waals surface area contributed by atoms with Crippen molar-refractivity contribution in [2.75, 3.05) is 16.9 Å². The number of nitrogens with zero attached hydrogens (tertiary/aromatic N) is 2. The number of carbonyl (C=O) groups is 1. The van der Waals surface area contributed by atoms with E-state index in [0.29, 0.717) is 5.82 Å². The predicted octanol–water partition coefficient (Wildman–Crippen LogP) is 0.731. The molecule has 1 aromatic heterocycles. The van der Waals surface area contributed by atoms with Gasteiger partial charge in [0.25, 0.3) is 0 Å². The minimum Gasteiger partial charge on any atom is -0.309 e. The van der Waals surface area contributed by atoms with E-state index in [1.54, 1.807) is 17.8 Å². The number of halogens is 1. The molecular weight excluding hydrogens is 236 g/mol. The van der Waals surface area contributed by atoms with Crippen LogP contribution in [0.25, 0.3) is 0 Å². The van der Waals surface area contributed by atoms with E-state index >= 15 is 0 Å². The number of amides is 1. The maximum absolute atomic E-state index is 11.6. The van der Waals surface area contributed by atoms with Gasteiger partial charge in [0.2, 0.25) is 11.2 Å². The zero-order valence-corrected chi connectivity index (χ0v) is 9.31. The van der Waals surface area contributed by atoms with Crippen LogP contribution in [0.1, 0.15) is 0 Å². The number of thioether (sulfide) groups is 1. The first-order valence-corrected chi connectivity index (χ1v) is 5.89. The molecule has 80 valence electrons. The summed E-state index contributed by atoms with van der Waals surface area (Å²) in [5, 5.41) is 5.87. The van der Waals surface area contributed by atoms with Crippen molar-refractivity contribution in [3.05, 3.63) is 17.5 Å². The molecule has 0 bridgehead atoms. The molecule has 7 heteroatoms. The normalized spacial score (nSPS) is 20.2. The molecule has 1 fully saturated rings. The lowest BCUT2D eigenvalue weighted by Gasteiger charge is -2.09. The van der Waals surface area contributed by atoms with Crippen LogP contribution < -0.4 is 10.6 Å². The Morgan fingerprint density at radius 3 is 3.27 bits per heavy atom. The first kappa shape index (κ1) is 10.7. The van der Waals surface area contributed by atoms with Crippen LogP contribution in [0.3, 0.4) is 0 Å². The van der Waals surface area contributed by atoms with Gasteiger partial charge >= 0.3 is 0 Å². The molecule has 2 heterocycles. The smallest absolute Gasteiger partial charge is 0.243 e. The van der Waals surface area contributed by atoms with Gasteiger partial charge in [0, 0.05) is 17.8 Å². The van der Waals surface area contributed by atoms with E-state index in [2.05, 4.69) is 20.6 Å². The van der Waals surface area contributed by atoms with Gasteiger partial charge in [-0.15, -0.1) is 11.8 Å². The average molecular weight is 245 g/mol. The second-order valence-electron chi connectivity index (χ2n) is 2.97. The van der Waals surface area contributed by atoms with E-state index in [1.807, 2.05) is 0 Å². The quantitative estimate of drug-likeness (QED) is 0.751. The van der Waals surface area contributed by atoms with Crippen molar-refractivity contribution in [3.63, 3.8) is 0 Å². The van der Waals surface area contributed by atoms with Crippen molar-refractivity contribution in [2.45, 2.75) is 6.04 Å². The van der Waals surface area contributed by atoms with Crippen LogP contribution in [-0.2, 0) is 4.79 Å². The monoisotopic (exact) mass is 244 g/mol. The van der Waals surface area contributed by atoms with E-state index in [4.69, 9.17) is 11.6 Å². The fourth-order valence-electron chi connectivity index (χ4n) is 1.18. The summed E-state index contributed by atoms with van der Waals surface area (Å²) in [6.45, 7) is 0. The Morgan fingerprint density at radius 2 is 2.60 bits per heavy atom. The maximum Gasteiger partial charge on any atom is 0.243 e. The Hall–Kier alpha value is -0.850. The SMILES string of the molecule is O=C(Nc1ccnc(Cl)n1)C1CSCN1. The van der Waals surface area contributed by atoms with Crippen molar-refractivity contribution in [2.24, 2.45) is 0 Å². The van der Waals surface area contributed by atoms with Crippen LogP contribution in [0.4, 0.5) is 5.82 Å². The minimum absolute atomic E-state index is 0.0882. The molecule has 1 amide bonds. The zero-order valence-electron chi connectivity index (χ0n) is 7.74. The second kappa shape index (κ2) is 4.78. The van der Waals surface area contributed by atoms with Crippen LogP contribution in [-0.4, -0.2) is 33.5 Å². The summed E-state index contributed by atoms with van der Waals surface area (Å²) in [5.41, 5.74) is 0. The fraction of sp³-hybridized carbons (Fsp3) is 0.375. The van der Waals surface area contributed by atoms with Crippen molar-refractivity contribution in [3.8, 4) is 0 Å². The van der Waals surface area contributed by atoms with E-state index < -0.39 is 0 Å². The summed E-state index contributed by atoms with van der Waals surface area (Å²) in [4.78, 5) is 19.2. The van der Waals surface area contributed by atoms with E-state index in [9.17, 15) is 4.79 Å². The first-order valence-electron chi connectivity index (χ1n) is 4.36. The summed E-state index contributed by atoms with van der Waals surface area (Å²) in [6, 6.07) is 1.45. The number of carbonyl (C=O) groups excluding carboxylic acids is 1. The summed E-state index contributed by atoms with van der Waals surface area (Å²) in [7, 11) is 0. The van der Waals surface area contributed by atoms with Crippen molar-refractivity contribution in [1.29, 1.82) is 0 Å². The Bertz CT molecular complexity index is 369. The number of rotatable bonds is 2. The van der Waals surface area contributed by atoms with E-state index in [1.165, 1.54) is 6.20 Å². The molecule has 1 saturated heterocycles. The van der Waals surface area contributed by atoms with Crippen LogP contribution in [0.5, 0.6) is 0 Å². The lowest BCUT2D eigenvalue weighted by atomic mass is 10.3. The largest absolute Gasteiger partial charge is 0.309 e. The summed E-state index contributed by atoms with van der Waals surface area (Å²) in [6.07, 6.45) is 1.50. The third kappa shape index (κ3) is 2.80. The topological polar surface area (TPSA) is 66.9 Å². The highest BCUT2D eigenvalue weighted by atomic mass is 35.5. The second-order valence-corrected chi connectivity index (χ2v) is 4.34. The molecule has 1 aliphatic heterocycles. The lowest BCUT2D eigenvalue weighted by molar-refractivity contribution is -0.117. The maximum atomic E-state index is 11.6. The molecule has 0 radical (unpaired) electrons. The molecule has 15 heavy (non-hydrogen) atoms.